The number of benzene rings is 1. The third-order valence-electron chi connectivity index (χ3n) is 4.34. The van der Waals surface area contributed by atoms with Gasteiger partial charge in [-0.15, -0.1) is 0 Å². The molecule has 0 fully saturated rings. The highest BCUT2D eigenvalue weighted by molar-refractivity contribution is 5.88. The van der Waals surface area contributed by atoms with E-state index in [0.717, 1.165) is 23.1 Å². The fourth-order valence-corrected chi connectivity index (χ4v) is 2.76. The normalized spacial score (nSPS) is 12.5. The van der Waals surface area contributed by atoms with Gasteiger partial charge >= 0.3 is 0 Å². The monoisotopic (exact) mass is 354 g/mol. The molecule has 0 saturated carbocycles. The molecule has 7 heteroatoms. The molecule has 0 amide bonds. The van der Waals surface area contributed by atoms with Crippen LogP contribution in [0, 0.1) is 0 Å². The third kappa shape index (κ3) is 3.94. The molecule has 0 radical (unpaired) electrons. The van der Waals surface area contributed by atoms with Gasteiger partial charge in [-0.3, -0.25) is 5.10 Å². The van der Waals surface area contributed by atoms with Gasteiger partial charge in [0.05, 0.1) is 18.3 Å². The number of hydrogen-bond acceptors (Lipinski definition) is 6. The zero-order chi connectivity index (χ0) is 18.5. The molecule has 0 aliphatic carbocycles. The van der Waals surface area contributed by atoms with Crippen LogP contribution in [0.25, 0.3) is 11.0 Å². The maximum atomic E-state index is 9.47. The first-order valence-corrected chi connectivity index (χ1v) is 9.03. The van der Waals surface area contributed by atoms with Crippen molar-refractivity contribution in [1.82, 2.24) is 20.2 Å². The van der Waals surface area contributed by atoms with Gasteiger partial charge in [-0.1, -0.05) is 51.1 Å². The summed E-state index contributed by atoms with van der Waals surface area (Å²) in [5.74, 6) is 1.44. The predicted molar refractivity (Wildman–Crippen MR) is 104 cm³/mol. The van der Waals surface area contributed by atoms with Crippen molar-refractivity contribution in [2.24, 2.45) is 0 Å². The van der Waals surface area contributed by atoms with Crippen LogP contribution >= 0.6 is 0 Å². The van der Waals surface area contributed by atoms with Crippen LogP contribution < -0.4 is 10.6 Å². The van der Waals surface area contributed by atoms with Gasteiger partial charge in [0.25, 0.3) is 0 Å². The van der Waals surface area contributed by atoms with Crippen molar-refractivity contribution >= 4 is 22.8 Å². The number of rotatable bonds is 8. The maximum Gasteiger partial charge on any atom is 0.225 e. The average molecular weight is 354 g/mol. The molecule has 0 spiro atoms. The summed E-state index contributed by atoms with van der Waals surface area (Å²) < 4.78 is 0. The first kappa shape index (κ1) is 18.1. The van der Waals surface area contributed by atoms with Crippen molar-refractivity contribution < 1.29 is 5.11 Å². The van der Waals surface area contributed by atoms with Crippen molar-refractivity contribution in [3.63, 3.8) is 0 Å². The molecule has 3 aromatic rings. The molecule has 26 heavy (non-hydrogen) atoms. The number of aromatic nitrogens is 4. The lowest BCUT2D eigenvalue weighted by Gasteiger charge is -2.15. The first-order chi connectivity index (χ1) is 12.6. The van der Waals surface area contributed by atoms with E-state index >= 15 is 0 Å². The molecule has 138 valence electrons. The third-order valence-corrected chi connectivity index (χ3v) is 4.34. The summed E-state index contributed by atoms with van der Waals surface area (Å²) >= 11 is 0. The minimum absolute atomic E-state index is 0.0348. The molecule has 4 N–H and O–H groups in total. The summed E-state index contributed by atoms with van der Waals surface area (Å²) in [6.45, 7) is 6.88. The smallest absolute Gasteiger partial charge is 0.225 e. The van der Waals surface area contributed by atoms with E-state index in [1.165, 1.54) is 5.56 Å². The van der Waals surface area contributed by atoms with Crippen LogP contribution in [0.1, 0.15) is 44.4 Å². The summed E-state index contributed by atoms with van der Waals surface area (Å²) in [5.41, 5.74) is 3.68. The number of aliphatic hydroxyl groups is 1. The van der Waals surface area contributed by atoms with Crippen molar-refractivity contribution in [3.8, 4) is 0 Å². The lowest BCUT2D eigenvalue weighted by atomic mass is 10.1. The van der Waals surface area contributed by atoms with Gasteiger partial charge in [-0.05, 0) is 17.9 Å². The fourth-order valence-electron chi connectivity index (χ4n) is 2.76. The van der Waals surface area contributed by atoms with E-state index in [4.69, 9.17) is 0 Å². The molecule has 1 aromatic carbocycles. The number of aliphatic hydroxyl groups excluding tert-OH is 1. The van der Waals surface area contributed by atoms with Gasteiger partial charge < -0.3 is 15.7 Å². The molecule has 1 atom stereocenters. The lowest BCUT2D eigenvalue weighted by Crippen LogP contribution is -2.24. The van der Waals surface area contributed by atoms with Crippen LogP contribution in [0.2, 0.25) is 0 Å². The molecule has 3 rings (SSSR count). The second-order valence-corrected chi connectivity index (χ2v) is 6.65. The fraction of sp³-hybridized carbons (Fsp3) is 0.421. The number of aromatic amines is 1. The summed E-state index contributed by atoms with van der Waals surface area (Å²) in [4.78, 5) is 9.25. The molecule has 0 aliphatic heterocycles. The minimum atomic E-state index is -0.0798. The highest BCUT2D eigenvalue weighted by Gasteiger charge is 2.17. The second kappa shape index (κ2) is 8.14. The van der Waals surface area contributed by atoms with Crippen LogP contribution in [-0.4, -0.2) is 37.9 Å². The van der Waals surface area contributed by atoms with Gasteiger partial charge in [-0.2, -0.15) is 10.1 Å². The molecule has 0 saturated heterocycles. The van der Waals surface area contributed by atoms with Gasteiger partial charge in [0.15, 0.2) is 5.82 Å². The molecule has 0 aliphatic rings. The second-order valence-electron chi connectivity index (χ2n) is 6.65. The molecule has 2 heterocycles. The van der Waals surface area contributed by atoms with Crippen molar-refractivity contribution in [1.29, 1.82) is 0 Å². The Hall–Kier alpha value is -2.67. The summed E-state index contributed by atoms with van der Waals surface area (Å²) in [5, 5.41) is 23.6. The Morgan fingerprint density at radius 2 is 1.92 bits per heavy atom. The standard InChI is InChI=1S/C19H26N6O/c1-4-14(11-26)21-19-22-16-15(12(2)3)24-25-17(16)18(23-19)20-10-13-8-6-5-7-9-13/h5-9,12,14,26H,4,10-11H2,1-3H3,(H,24,25)(H2,20,21,22,23)/t14-/m1/s1. The first-order valence-electron chi connectivity index (χ1n) is 9.03. The molecule has 0 unspecified atom stereocenters. The van der Waals surface area contributed by atoms with Crippen LogP contribution in [0.4, 0.5) is 11.8 Å². The zero-order valence-electron chi connectivity index (χ0n) is 15.5. The van der Waals surface area contributed by atoms with Crippen LogP contribution in [-0.2, 0) is 6.54 Å². The number of fused-ring (bicyclic) bond motifs is 1. The number of nitrogens with zero attached hydrogens (tertiary/aromatic N) is 3. The summed E-state index contributed by atoms with van der Waals surface area (Å²) in [7, 11) is 0. The number of hydrogen-bond donors (Lipinski definition) is 4. The number of nitrogens with one attached hydrogen (secondary N) is 3. The van der Waals surface area contributed by atoms with E-state index in [1.54, 1.807) is 0 Å². The Bertz CT molecular complexity index is 842. The van der Waals surface area contributed by atoms with Gasteiger partial charge in [-0.25, -0.2) is 4.98 Å². The van der Waals surface area contributed by atoms with Gasteiger partial charge in [0, 0.05) is 6.54 Å². The van der Waals surface area contributed by atoms with Crippen LogP contribution in [0.15, 0.2) is 30.3 Å². The molecular weight excluding hydrogens is 328 g/mol. The molecule has 2 aromatic heterocycles. The van der Waals surface area contributed by atoms with Crippen molar-refractivity contribution in [2.45, 2.75) is 45.7 Å². The van der Waals surface area contributed by atoms with E-state index in [0.29, 0.717) is 18.3 Å². The largest absolute Gasteiger partial charge is 0.394 e. The molecule has 7 nitrogen and oxygen atoms in total. The number of H-pyrrole nitrogens is 1. The van der Waals surface area contributed by atoms with Crippen LogP contribution in [0.3, 0.4) is 0 Å². The lowest BCUT2D eigenvalue weighted by molar-refractivity contribution is 0.271. The van der Waals surface area contributed by atoms with E-state index in [9.17, 15) is 5.11 Å². The topological polar surface area (TPSA) is 98.8 Å². The Balaban J connectivity index is 1.96. The predicted octanol–water partition coefficient (Wildman–Crippen LogP) is 3.27. The van der Waals surface area contributed by atoms with Crippen molar-refractivity contribution in [2.75, 3.05) is 17.2 Å². The van der Waals surface area contributed by atoms with E-state index in [1.807, 2.05) is 25.1 Å². The number of anilines is 2. The molecule has 0 bridgehead atoms. The Morgan fingerprint density at radius 3 is 2.58 bits per heavy atom. The SMILES string of the molecule is CC[C@H](CO)Nc1nc(NCc2ccccc2)c2[nH]nc(C(C)C)c2n1. The quantitative estimate of drug-likeness (QED) is 0.495. The van der Waals surface area contributed by atoms with E-state index < -0.39 is 0 Å². The minimum Gasteiger partial charge on any atom is -0.394 e. The summed E-state index contributed by atoms with van der Waals surface area (Å²) in [6, 6.07) is 10.1. The Morgan fingerprint density at radius 1 is 1.15 bits per heavy atom. The average Bonchev–Trinajstić information content (AvgIpc) is 3.09. The van der Waals surface area contributed by atoms with E-state index in [-0.39, 0.29) is 18.6 Å². The van der Waals surface area contributed by atoms with Gasteiger partial charge in [0.1, 0.15) is 11.0 Å². The molecular formula is C19H26N6O. The Labute approximate surface area is 153 Å². The van der Waals surface area contributed by atoms with Gasteiger partial charge in [0.2, 0.25) is 5.95 Å². The van der Waals surface area contributed by atoms with E-state index in [2.05, 4.69) is 56.8 Å². The van der Waals surface area contributed by atoms with Crippen molar-refractivity contribution in [3.05, 3.63) is 41.6 Å². The Kier molecular flexibility index (Phi) is 5.68. The highest BCUT2D eigenvalue weighted by Crippen LogP contribution is 2.27. The summed E-state index contributed by atoms with van der Waals surface area (Å²) in [6.07, 6.45) is 0.785. The van der Waals surface area contributed by atoms with Crippen LogP contribution in [0.5, 0.6) is 0 Å². The zero-order valence-corrected chi connectivity index (χ0v) is 15.5. The maximum absolute atomic E-state index is 9.47. The highest BCUT2D eigenvalue weighted by atomic mass is 16.3.